The van der Waals surface area contributed by atoms with Gasteiger partial charge >= 0.3 is 18.1 Å². The molecule has 0 aliphatic carbocycles. The van der Waals surface area contributed by atoms with E-state index in [1.54, 1.807) is 12.1 Å². The third kappa shape index (κ3) is 8.29. The number of allylic oxidation sites excluding steroid dienone is 1. The second kappa shape index (κ2) is 17.5. The zero-order valence-electron chi connectivity index (χ0n) is 32.3. The smallest absolute Gasteiger partial charge is 0.382 e. The van der Waals surface area contributed by atoms with Crippen LogP contribution in [0.2, 0.25) is 5.15 Å². The van der Waals surface area contributed by atoms with Crippen molar-refractivity contribution in [1.82, 2.24) is 20.2 Å². The number of ether oxygens (including phenoxy) is 1. The van der Waals surface area contributed by atoms with Gasteiger partial charge in [-0.3, -0.25) is 19.3 Å². The lowest BCUT2D eigenvalue weighted by atomic mass is 9.80. The highest BCUT2D eigenvalue weighted by Crippen LogP contribution is 2.43. The van der Waals surface area contributed by atoms with Gasteiger partial charge in [-0.25, -0.2) is 19.6 Å². The molecule has 3 N–H and O–H groups in total. The van der Waals surface area contributed by atoms with Crippen molar-refractivity contribution in [3.8, 4) is 0 Å². The zero-order valence-corrected chi connectivity index (χ0v) is 34.7. The molecule has 320 valence electrons. The minimum atomic E-state index is -5.55. The number of amides is 3. The number of thiazole rings is 1. The summed E-state index contributed by atoms with van der Waals surface area (Å²) in [7, 11) is 0. The topological polar surface area (TPSA) is 186 Å². The van der Waals surface area contributed by atoms with Crippen molar-refractivity contribution in [3.05, 3.63) is 165 Å². The van der Waals surface area contributed by atoms with Gasteiger partial charge in [0.25, 0.3) is 17.7 Å². The van der Waals surface area contributed by atoms with Gasteiger partial charge in [-0.05, 0) is 30.2 Å². The summed E-state index contributed by atoms with van der Waals surface area (Å²) in [6.45, 7) is 0.156. The molecule has 0 bridgehead atoms. The van der Waals surface area contributed by atoms with E-state index in [2.05, 4.69) is 25.2 Å². The van der Waals surface area contributed by atoms with E-state index in [1.165, 1.54) is 22.6 Å². The van der Waals surface area contributed by atoms with Crippen LogP contribution in [0, 0.1) is 0 Å². The Balaban J connectivity index is 1.13. The Morgan fingerprint density at radius 2 is 1.54 bits per heavy atom. The van der Waals surface area contributed by atoms with E-state index in [4.69, 9.17) is 22.2 Å². The Bertz CT molecular complexity index is 2620. The second-order valence-corrected chi connectivity index (χ2v) is 16.3. The quantitative estimate of drug-likeness (QED) is 0.0227. The summed E-state index contributed by atoms with van der Waals surface area (Å²) in [5.41, 5.74) is 5.82. The van der Waals surface area contributed by atoms with Crippen LogP contribution in [0.25, 0.3) is 0 Å². The first-order valence-corrected chi connectivity index (χ1v) is 21.2. The highest BCUT2D eigenvalue weighted by molar-refractivity contribution is 8.00. The van der Waals surface area contributed by atoms with Crippen LogP contribution in [0.3, 0.4) is 0 Å². The fourth-order valence-corrected chi connectivity index (χ4v) is 9.38. The lowest BCUT2D eigenvalue weighted by Crippen LogP contribution is -2.71. The van der Waals surface area contributed by atoms with Gasteiger partial charge in [-0.1, -0.05) is 108 Å². The number of alkyl halides is 3. The number of carbonyl (C=O) groups excluding carboxylic acids is 5. The SMILES string of the molecule is Nc1nc(/C(=N/OC(c2ccccc2)(c2ccccc2)c2ccccc2)C(=O)N[C@@H]2C(=O)N3C(C(=O)OC(=O)C(F)(F)F)=C(/C=C4\CCN(c5cccnc5Cl)C4=O)CS[C@H]23)cs1. The molecule has 8 rings (SSSR count). The number of halogens is 4. The number of fused-ring (bicyclic) bond motifs is 1. The molecule has 3 aromatic carbocycles. The number of thioether (sulfide) groups is 1. The van der Waals surface area contributed by atoms with E-state index in [9.17, 15) is 37.1 Å². The number of pyridine rings is 1. The van der Waals surface area contributed by atoms with Crippen LogP contribution in [0.15, 0.2) is 143 Å². The molecule has 2 atom stereocenters. The molecule has 0 unspecified atom stereocenters. The molecule has 63 heavy (non-hydrogen) atoms. The van der Waals surface area contributed by atoms with E-state index in [1.807, 2.05) is 91.0 Å². The zero-order chi connectivity index (χ0) is 44.5. The fourth-order valence-electron chi connectivity index (χ4n) is 7.30. The molecular formula is C43H31ClF3N7O7S2. The van der Waals surface area contributed by atoms with Gasteiger partial charge in [0, 0.05) is 46.1 Å². The van der Waals surface area contributed by atoms with Crippen LogP contribution < -0.4 is 16.0 Å². The second-order valence-electron chi connectivity index (χ2n) is 14.0. The molecule has 2 aromatic heterocycles. The fraction of sp³-hybridized carbons (Fsp3) is 0.163. The van der Waals surface area contributed by atoms with Gasteiger partial charge in [-0.2, -0.15) is 13.2 Å². The van der Waals surface area contributed by atoms with Gasteiger partial charge in [0.15, 0.2) is 16.0 Å². The molecule has 0 spiro atoms. The summed E-state index contributed by atoms with van der Waals surface area (Å²) >= 11 is 8.27. The van der Waals surface area contributed by atoms with Crippen molar-refractivity contribution in [2.45, 2.75) is 29.6 Å². The minimum absolute atomic E-state index is 0.00425. The summed E-state index contributed by atoms with van der Waals surface area (Å²) < 4.78 is 44.2. The van der Waals surface area contributed by atoms with Gasteiger partial charge in [0.1, 0.15) is 22.8 Å². The molecule has 3 amide bonds. The Morgan fingerprint density at radius 3 is 2.10 bits per heavy atom. The van der Waals surface area contributed by atoms with Crippen molar-refractivity contribution in [1.29, 1.82) is 0 Å². The molecule has 0 saturated carbocycles. The van der Waals surface area contributed by atoms with Crippen LogP contribution in [0.4, 0.5) is 24.0 Å². The van der Waals surface area contributed by atoms with E-state index in [0.717, 1.165) is 28.0 Å². The van der Waals surface area contributed by atoms with Crippen LogP contribution in [-0.4, -0.2) is 80.1 Å². The molecule has 2 saturated heterocycles. The van der Waals surface area contributed by atoms with Crippen molar-refractivity contribution >= 4 is 80.9 Å². The first-order chi connectivity index (χ1) is 30.3. The average Bonchev–Trinajstić information content (AvgIpc) is 3.88. The van der Waals surface area contributed by atoms with Crippen molar-refractivity contribution < 1.29 is 46.7 Å². The minimum Gasteiger partial charge on any atom is -0.382 e. The molecular weight excluding hydrogens is 883 g/mol. The maximum Gasteiger partial charge on any atom is 0.491 e. The first kappa shape index (κ1) is 42.8. The number of benzene rings is 3. The standard InChI is InChI=1S/C43H31ClF3N7O7S2/c44-34-30(17-10-19-49-34)53-20-18-24(36(53)56)21-25-22-62-38-32(37(57)54(38)33(25)39(58)60-40(59)43(45,46)47)51-35(55)31(29-23-63-41(48)50-29)52-61-42(26-11-4-1-5-12-26,27-13-6-2-7-14-27)28-15-8-3-9-16-28/h1-17,19,21,23,32,38H,18,20,22H2,(H2,48,50)(H,51,55)/b24-21+,52-31-/t32-,38-/m1/s1. The lowest BCUT2D eigenvalue weighted by molar-refractivity contribution is -0.201. The Labute approximate surface area is 369 Å². The van der Waals surface area contributed by atoms with Crippen molar-refractivity contribution in [2.24, 2.45) is 5.16 Å². The maximum absolute atomic E-state index is 14.4. The summed E-state index contributed by atoms with van der Waals surface area (Å²) in [4.78, 5) is 84.2. The van der Waals surface area contributed by atoms with Crippen LogP contribution in [-0.2, 0) is 39.1 Å². The Hall–Kier alpha value is -6.83. The molecule has 0 radical (unpaired) electrons. The highest BCUT2D eigenvalue weighted by Gasteiger charge is 2.56. The van der Waals surface area contributed by atoms with Gasteiger partial charge in [-0.15, -0.1) is 23.1 Å². The number of nitrogens with one attached hydrogen (secondary N) is 1. The first-order valence-electron chi connectivity index (χ1n) is 18.9. The number of nitrogens with zero attached hydrogens (tertiary/aromatic N) is 5. The molecule has 5 heterocycles. The molecule has 14 nitrogen and oxygen atoms in total. The number of β-lactam (4-membered cyclic amide) rings is 1. The Morgan fingerprint density at radius 1 is 0.921 bits per heavy atom. The number of anilines is 2. The number of hydrogen-bond donors (Lipinski definition) is 2. The molecule has 20 heteroatoms. The summed E-state index contributed by atoms with van der Waals surface area (Å²) in [6.07, 6.45) is -2.71. The van der Waals surface area contributed by atoms with Gasteiger partial charge < -0.3 is 25.5 Å². The van der Waals surface area contributed by atoms with Crippen LogP contribution in [0.1, 0.15) is 28.8 Å². The van der Waals surface area contributed by atoms with Crippen molar-refractivity contribution in [2.75, 3.05) is 22.9 Å². The number of carbonyl (C=O) groups is 5. The normalized spacial score (nSPS) is 18.5. The van der Waals surface area contributed by atoms with Gasteiger partial charge in [0.05, 0.1) is 5.69 Å². The molecule has 2 fully saturated rings. The maximum atomic E-state index is 14.4. The number of oxime groups is 1. The highest BCUT2D eigenvalue weighted by atomic mass is 35.5. The van der Waals surface area contributed by atoms with E-state index in [-0.39, 0.29) is 51.6 Å². The predicted molar refractivity (Wildman–Crippen MR) is 227 cm³/mol. The predicted octanol–water partition coefficient (Wildman–Crippen LogP) is 6.14. The number of aromatic nitrogens is 2. The van der Waals surface area contributed by atoms with Gasteiger partial charge in [0.2, 0.25) is 5.60 Å². The average molecular weight is 914 g/mol. The summed E-state index contributed by atoms with van der Waals surface area (Å²) in [5, 5.41) is 7.59. The largest absolute Gasteiger partial charge is 0.491 e. The van der Waals surface area contributed by atoms with E-state index >= 15 is 0 Å². The van der Waals surface area contributed by atoms with Crippen LogP contribution >= 0.6 is 34.7 Å². The van der Waals surface area contributed by atoms with Crippen molar-refractivity contribution in [3.63, 3.8) is 0 Å². The number of esters is 2. The third-order valence-corrected chi connectivity index (χ3v) is 12.5. The number of nitrogens with two attached hydrogens (primary N) is 1. The molecule has 5 aromatic rings. The monoisotopic (exact) mass is 913 g/mol. The molecule has 3 aliphatic rings. The molecule has 3 aliphatic heterocycles. The third-order valence-electron chi connectivity index (χ3n) is 10.2. The Kier molecular flexibility index (Phi) is 11.9. The summed E-state index contributed by atoms with van der Waals surface area (Å²) in [6, 6.07) is 29.3. The number of nitrogen functional groups attached to an aromatic ring is 1. The van der Waals surface area contributed by atoms with Crippen LogP contribution in [0.5, 0.6) is 0 Å². The van der Waals surface area contributed by atoms with E-state index < -0.39 is 58.6 Å². The lowest BCUT2D eigenvalue weighted by Gasteiger charge is -2.49. The number of hydrogen-bond acceptors (Lipinski definition) is 13. The number of rotatable bonds is 11. The van der Waals surface area contributed by atoms with E-state index in [0.29, 0.717) is 22.4 Å². The summed E-state index contributed by atoms with van der Waals surface area (Å²) in [5.74, 6) is -7.16.